The fraction of sp³-hybridized carbons (Fsp3) is 0.188. The van der Waals surface area contributed by atoms with Crippen LogP contribution in [0.15, 0.2) is 48.5 Å². The number of ether oxygens (including phenoxy) is 2. The van der Waals surface area contributed by atoms with E-state index < -0.39 is 12.0 Å². The van der Waals surface area contributed by atoms with Crippen molar-refractivity contribution in [2.45, 2.75) is 19.6 Å². The van der Waals surface area contributed by atoms with Crippen LogP contribution in [0.4, 0.5) is 4.39 Å². The van der Waals surface area contributed by atoms with Crippen LogP contribution in [0, 0.1) is 5.82 Å². The molecule has 2 N–H and O–H groups in total. The van der Waals surface area contributed by atoms with Crippen LogP contribution >= 0.6 is 0 Å². The minimum absolute atomic E-state index is 0.273. The molecule has 110 valence electrons. The summed E-state index contributed by atoms with van der Waals surface area (Å²) in [5, 5.41) is 0. The maximum atomic E-state index is 13.0. The minimum atomic E-state index is -0.691. The first-order chi connectivity index (χ1) is 10.0. The molecule has 0 saturated carbocycles. The summed E-state index contributed by atoms with van der Waals surface area (Å²) in [7, 11) is 0. The maximum absolute atomic E-state index is 13.0. The highest BCUT2D eigenvalue weighted by molar-refractivity contribution is 5.78. The quantitative estimate of drug-likeness (QED) is 0.889. The van der Waals surface area contributed by atoms with Crippen LogP contribution in [0.1, 0.15) is 12.5 Å². The SMILES string of the molecule is CC(Oc1ccc(OCc2cccc(F)c2)cc1)C(N)=O. The zero-order chi connectivity index (χ0) is 15.2. The first kappa shape index (κ1) is 14.8. The van der Waals surface area contributed by atoms with Gasteiger partial charge in [0.2, 0.25) is 0 Å². The molecule has 0 radical (unpaired) electrons. The Morgan fingerprint density at radius 2 is 1.86 bits per heavy atom. The fourth-order valence-corrected chi connectivity index (χ4v) is 1.67. The van der Waals surface area contributed by atoms with E-state index in [1.165, 1.54) is 12.1 Å². The molecule has 5 heteroatoms. The lowest BCUT2D eigenvalue weighted by Crippen LogP contribution is -2.30. The van der Waals surface area contributed by atoms with Gasteiger partial charge >= 0.3 is 0 Å². The number of rotatable bonds is 6. The van der Waals surface area contributed by atoms with Crippen molar-refractivity contribution in [2.75, 3.05) is 0 Å². The number of halogens is 1. The molecule has 0 heterocycles. The molecule has 2 aromatic carbocycles. The molecule has 0 aliphatic carbocycles. The molecule has 2 rings (SSSR count). The summed E-state index contributed by atoms with van der Waals surface area (Å²) in [6.45, 7) is 1.85. The van der Waals surface area contributed by atoms with Crippen molar-refractivity contribution in [1.29, 1.82) is 0 Å². The Morgan fingerprint density at radius 1 is 1.19 bits per heavy atom. The van der Waals surface area contributed by atoms with Gasteiger partial charge in [0.05, 0.1) is 0 Å². The summed E-state index contributed by atoms with van der Waals surface area (Å²) >= 11 is 0. The van der Waals surface area contributed by atoms with Crippen molar-refractivity contribution in [3.05, 3.63) is 59.9 Å². The number of carbonyl (C=O) groups excluding carboxylic acids is 1. The highest BCUT2D eigenvalue weighted by Crippen LogP contribution is 2.19. The van der Waals surface area contributed by atoms with E-state index >= 15 is 0 Å². The van der Waals surface area contributed by atoms with Crippen molar-refractivity contribution >= 4 is 5.91 Å². The molecule has 21 heavy (non-hydrogen) atoms. The molecular formula is C16H16FNO3. The van der Waals surface area contributed by atoms with E-state index in [4.69, 9.17) is 15.2 Å². The highest BCUT2D eigenvalue weighted by Gasteiger charge is 2.09. The standard InChI is InChI=1S/C16H16FNO3/c1-11(16(18)19)21-15-7-5-14(6-8-15)20-10-12-3-2-4-13(17)9-12/h2-9,11H,10H2,1H3,(H2,18,19). The molecule has 1 atom stereocenters. The predicted molar refractivity (Wildman–Crippen MR) is 76.5 cm³/mol. The van der Waals surface area contributed by atoms with Crippen LogP contribution in [0.2, 0.25) is 0 Å². The average Bonchev–Trinajstić information content (AvgIpc) is 2.46. The second-order valence-electron chi connectivity index (χ2n) is 4.55. The third kappa shape index (κ3) is 4.49. The van der Waals surface area contributed by atoms with Gasteiger partial charge in [-0.1, -0.05) is 12.1 Å². The number of primary amides is 1. The zero-order valence-electron chi connectivity index (χ0n) is 11.6. The molecule has 1 amide bonds. The van der Waals surface area contributed by atoms with Gasteiger partial charge in [-0.2, -0.15) is 0 Å². The Kier molecular flexibility index (Phi) is 4.77. The zero-order valence-corrected chi connectivity index (χ0v) is 11.6. The number of carbonyl (C=O) groups is 1. The van der Waals surface area contributed by atoms with Crippen molar-refractivity contribution in [3.8, 4) is 11.5 Å². The Morgan fingerprint density at radius 3 is 2.48 bits per heavy atom. The van der Waals surface area contributed by atoms with Crippen molar-refractivity contribution in [2.24, 2.45) is 5.73 Å². The second kappa shape index (κ2) is 6.74. The van der Waals surface area contributed by atoms with Gasteiger partial charge in [0.15, 0.2) is 6.10 Å². The minimum Gasteiger partial charge on any atom is -0.489 e. The topological polar surface area (TPSA) is 61.6 Å². The van der Waals surface area contributed by atoms with Crippen molar-refractivity contribution < 1.29 is 18.7 Å². The van der Waals surface area contributed by atoms with E-state index in [-0.39, 0.29) is 12.4 Å². The monoisotopic (exact) mass is 289 g/mol. The van der Waals surface area contributed by atoms with E-state index in [1.54, 1.807) is 43.3 Å². The number of hydrogen-bond acceptors (Lipinski definition) is 3. The molecule has 0 fully saturated rings. The van der Waals surface area contributed by atoms with Crippen LogP contribution in [0.25, 0.3) is 0 Å². The van der Waals surface area contributed by atoms with E-state index in [0.29, 0.717) is 11.5 Å². The van der Waals surface area contributed by atoms with Crippen LogP contribution < -0.4 is 15.2 Å². The highest BCUT2D eigenvalue weighted by atomic mass is 19.1. The number of amides is 1. The summed E-state index contributed by atoms with van der Waals surface area (Å²) in [5.41, 5.74) is 5.87. The van der Waals surface area contributed by atoms with E-state index in [0.717, 1.165) is 5.56 Å². The third-order valence-corrected chi connectivity index (χ3v) is 2.83. The number of nitrogens with two attached hydrogens (primary N) is 1. The Labute approximate surface area is 122 Å². The summed E-state index contributed by atoms with van der Waals surface area (Å²) < 4.78 is 23.9. The van der Waals surface area contributed by atoms with Crippen LogP contribution in [0.5, 0.6) is 11.5 Å². The van der Waals surface area contributed by atoms with Crippen LogP contribution in [0.3, 0.4) is 0 Å². The van der Waals surface area contributed by atoms with Gasteiger partial charge in [0.25, 0.3) is 5.91 Å². The van der Waals surface area contributed by atoms with E-state index in [1.807, 2.05) is 0 Å². The van der Waals surface area contributed by atoms with Gasteiger partial charge < -0.3 is 15.2 Å². The summed E-state index contributed by atoms with van der Waals surface area (Å²) in [6, 6.07) is 13.0. The second-order valence-corrected chi connectivity index (χ2v) is 4.55. The molecule has 0 bridgehead atoms. The first-order valence-corrected chi connectivity index (χ1v) is 6.48. The third-order valence-electron chi connectivity index (χ3n) is 2.83. The Bertz CT molecular complexity index is 613. The lowest BCUT2D eigenvalue weighted by atomic mass is 10.2. The van der Waals surface area contributed by atoms with Gasteiger partial charge in [-0.05, 0) is 48.9 Å². The van der Waals surface area contributed by atoms with Crippen molar-refractivity contribution in [3.63, 3.8) is 0 Å². The predicted octanol–water partition coefficient (Wildman–Crippen LogP) is 2.66. The molecular weight excluding hydrogens is 273 g/mol. The average molecular weight is 289 g/mol. The van der Waals surface area contributed by atoms with Crippen LogP contribution in [-0.4, -0.2) is 12.0 Å². The molecule has 2 aromatic rings. The van der Waals surface area contributed by atoms with Crippen LogP contribution in [-0.2, 0) is 11.4 Å². The lowest BCUT2D eigenvalue weighted by Gasteiger charge is -2.12. The molecule has 0 aliphatic rings. The van der Waals surface area contributed by atoms with Gasteiger partial charge in [-0.25, -0.2) is 4.39 Å². The molecule has 0 aliphatic heterocycles. The lowest BCUT2D eigenvalue weighted by molar-refractivity contribution is -0.123. The van der Waals surface area contributed by atoms with Gasteiger partial charge in [0, 0.05) is 0 Å². The normalized spacial score (nSPS) is 11.7. The number of hydrogen-bond donors (Lipinski definition) is 1. The van der Waals surface area contributed by atoms with E-state index in [9.17, 15) is 9.18 Å². The molecule has 0 aromatic heterocycles. The Hall–Kier alpha value is -2.56. The Balaban J connectivity index is 1.92. The summed E-state index contributed by atoms with van der Waals surface area (Å²) in [5.74, 6) is 0.333. The summed E-state index contributed by atoms with van der Waals surface area (Å²) in [4.78, 5) is 10.9. The fourth-order valence-electron chi connectivity index (χ4n) is 1.67. The van der Waals surface area contributed by atoms with Gasteiger partial charge in [0.1, 0.15) is 23.9 Å². The smallest absolute Gasteiger partial charge is 0.258 e. The van der Waals surface area contributed by atoms with Crippen molar-refractivity contribution in [1.82, 2.24) is 0 Å². The maximum Gasteiger partial charge on any atom is 0.258 e. The number of benzene rings is 2. The van der Waals surface area contributed by atoms with Gasteiger partial charge in [-0.15, -0.1) is 0 Å². The molecule has 0 saturated heterocycles. The first-order valence-electron chi connectivity index (χ1n) is 6.48. The van der Waals surface area contributed by atoms with E-state index in [2.05, 4.69) is 0 Å². The molecule has 4 nitrogen and oxygen atoms in total. The van der Waals surface area contributed by atoms with Gasteiger partial charge in [-0.3, -0.25) is 4.79 Å². The molecule has 0 spiro atoms. The summed E-state index contributed by atoms with van der Waals surface area (Å²) in [6.07, 6.45) is -0.691. The largest absolute Gasteiger partial charge is 0.489 e. The molecule has 1 unspecified atom stereocenters.